The third-order valence-corrected chi connectivity index (χ3v) is 5.28. The monoisotopic (exact) mass is 441 g/mol. The van der Waals surface area contributed by atoms with E-state index in [0.29, 0.717) is 12.1 Å². The van der Waals surface area contributed by atoms with Crippen LogP contribution in [0, 0.1) is 15.9 Å². The van der Waals surface area contributed by atoms with Gasteiger partial charge in [0.25, 0.3) is 5.91 Å². The predicted octanol–water partition coefficient (Wildman–Crippen LogP) is 3.67. The highest BCUT2D eigenvalue weighted by Crippen LogP contribution is 2.64. The Morgan fingerprint density at radius 2 is 2.05 bits per heavy atom. The Hall–Kier alpha value is -0.530. The van der Waals surface area contributed by atoms with E-state index in [9.17, 15) is 9.59 Å². The molecule has 1 aliphatic rings. The molecule has 0 unspecified atom stereocenters. The third kappa shape index (κ3) is 3.63. The summed E-state index contributed by atoms with van der Waals surface area (Å²) in [5.74, 6) is -0.950. The molecule has 1 aromatic carbocycles. The maximum Gasteiger partial charge on any atom is 0.315 e. The van der Waals surface area contributed by atoms with Crippen molar-refractivity contribution in [1.29, 1.82) is 0 Å². The van der Waals surface area contributed by atoms with Gasteiger partial charge in [0, 0.05) is 15.7 Å². The number of carbonyl (C=O) groups is 2. The van der Waals surface area contributed by atoms with Crippen LogP contribution < -0.4 is 5.32 Å². The summed E-state index contributed by atoms with van der Waals surface area (Å²) in [5, 5.41) is 2.70. The second-order valence-electron chi connectivity index (χ2n) is 5.30. The maximum atomic E-state index is 11.8. The Morgan fingerprint density at radius 1 is 1.43 bits per heavy atom. The number of esters is 1. The van der Waals surface area contributed by atoms with Crippen LogP contribution in [0.2, 0.25) is 0 Å². The van der Waals surface area contributed by atoms with Gasteiger partial charge in [-0.3, -0.25) is 9.59 Å². The first kappa shape index (κ1) is 16.8. The van der Waals surface area contributed by atoms with Crippen molar-refractivity contribution < 1.29 is 14.3 Å². The molecular formula is C14H14Cl2INO3. The van der Waals surface area contributed by atoms with E-state index in [1.807, 2.05) is 25.1 Å². The fourth-order valence-electron chi connectivity index (χ4n) is 1.87. The molecule has 0 aliphatic heterocycles. The van der Waals surface area contributed by atoms with Crippen LogP contribution in [-0.4, -0.2) is 22.8 Å². The molecule has 7 heteroatoms. The molecule has 4 nitrogen and oxygen atoms in total. The zero-order chi connectivity index (χ0) is 15.8. The molecule has 1 aliphatic carbocycles. The Bertz CT molecular complexity index is 606. The molecule has 1 fully saturated rings. The molecule has 0 bridgehead atoms. The van der Waals surface area contributed by atoms with Gasteiger partial charge in [0.2, 0.25) is 0 Å². The fourth-order valence-corrected chi connectivity index (χ4v) is 3.20. The molecule has 0 saturated heterocycles. The number of halogens is 3. The van der Waals surface area contributed by atoms with Gasteiger partial charge in [0.15, 0.2) is 6.61 Å². The van der Waals surface area contributed by atoms with Crippen molar-refractivity contribution in [1.82, 2.24) is 0 Å². The van der Waals surface area contributed by atoms with Gasteiger partial charge >= 0.3 is 5.97 Å². The molecule has 0 radical (unpaired) electrons. The first-order valence-electron chi connectivity index (χ1n) is 6.27. The highest BCUT2D eigenvalue weighted by molar-refractivity contribution is 14.1. The van der Waals surface area contributed by atoms with Crippen molar-refractivity contribution >= 4 is 63.4 Å². The van der Waals surface area contributed by atoms with Gasteiger partial charge in [-0.2, -0.15) is 0 Å². The van der Waals surface area contributed by atoms with Gasteiger partial charge in [-0.1, -0.05) is 0 Å². The molecule has 1 amide bonds. The number of benzene rings is 1. The minimum absolute atomic E-state index is 0.333. The molecule has 0 heterocycles. The minimum Gasteiger partial charge on any atom is -0.455 e. The number of aryl methyl sites for hydroxylation is 1. The molecule has 1 aromatic rings. The van der Waals surface area contributed by atoms with Crippen molar-refractivity contribution in [3.63, 3.8) is 0 Å². The molecule has 1 saturated carbocycles. The molecule has 0 aromatic heterocycles. The van der Waals surface area contributed by atoms with Gasteiger partial charge in [-0.05, 0) is 60.2 Å². The van der Waals surface area contributed by atoms with Gasteiger partial charge < -0.3 is 10.1 Å². The van der Waals surface area contributed by atoms with Crippen molar-refractivity contribution in [3.8, 4) is 0 Å². The Morgan fingerprint density at radius 3 is 2.57 bits per heavy atom. The molecule has 2 rings (SSSR count). The molecule has 1 N–H and O–H groups in total. The summed E-state index contributed by atoms with van der Waals surface area (Å²) in [5.41, 5.74) is 0.712. The first-order valence-corrected chi connectivity index (χ1v) is 8.10. The largest absolute Gasteiger partial charge is 0.455 e. The maximum absolute atomic E-state index is 11.8. The average molecular weight is 442 g/mol. The minimum atomic E-state index is -1.09. The molecular weight excluding hydrogens is 428 g/mol. The number of anilines is 1. The topological polar surface area (TPSA) is 55.4 Å². The van der Waals surface area contributed by atoms with Crippen LogP contribution in [-0.2, 0) is 14.3 Å². The Labute approximate surface area is 146 Å². The summed E-state index contributed by atoms with van der Waals surface area (Å²) in [6.07, 6.45) is 0.333. The summed E-state index contributed by atoms with van der Waals surface area (Å²) < 4.78 is 4.97. The van der Waals surface area contributed by atoms with Crippen molar-refractivity contribution in [2.45, 2.75) is 24.6 Å². The van der Waals surface area contributed by atoms with Crippen molar-refractivity contribution in [2.75, 3.05) is 11.9 Å². The molecule has 0 spiro atoms. The lowest BCUT2D eigenvalue weighted by Crippen LogP contribution is -2.27. The predicted molar refractivity (Wildman–Crippen MR) is 90.6 cm³/mol. The van der Waals surface area contributed by atoms with Crippen LogP contribution in [0.4, 0.5) is 5.69 Å². The van der Waals surface area contributed by atoms with Crippen LogP contribution in [0.25, 0.3) is 0 Å². The lowest BCUT2D eigenvalue weighted by atomic mass is 10.1. The number of carbonyl (C=O) groups excluding carboxylic acids is 2. The van der Waals surface area contributed by atoms with Gasteiger partial charge in [0.1, 0.15) is 9.75 Å². The standard InChI is InChI=1S/C14H14Cl2INO3/c1-8-5-9(17)3-4-10(8)18-11(19)6-21-12(20)13(2)7-14(13,15)16/h3-5H,6-7H2,1-2H3,(H,18,19)/t13-/m1/s1. The fraction of sp³-hybridized carbons (Fsp3) is 0.429. The summed E-state index contributed by atoms with van der Waals surface area (Å²) in [6, 6.07) is 5.64. The molecule has 21 heavy (non-hydrogen) atoms. The first-order chi connectivity index (χ1) is 9.65. The normalized spacial score (nSPS) is 22.5. The number of hydrogen-bond acceptors (Lipinski definition) is 3. The van der Waals surface area contributed by atoms with Gasteiger partial charge in [-0.15, -0.1) is 23.2 Å². The van der Waals surface area contributed by atoms with Crippen LogP contribution in [0.5, 0.6) is 0 Å². The SMILES string of the molecule is Cc1cc(I)ccc1NC(=O)COC(=O)[C@@]1(C)CC1(Cl)Cl. The lowest BCUT2D eigenvalue weighted by Gasteiger charge is -2.12. The van der Waals surface area contributed by atoms with E-state index in [4.69, 9.17) is 27.9 Å². The van der Waals surface area contributed by atoms with Crippen molar-refractivity contribution in [2.24, 2.45) is 5.41 Å². The van der Waals surface area contributed by atoms with Crippen molar-refractivity contribution in [3.05, 3.63) is 27.3 Å². The third-order valence-electron chi connectivity index (χ3n) is 3.51. The number of nitrogens with one attached hydrogen (secondary N) is 1. The highest BCUT2D eigenvalue weighted by atomic mass is 127. The van der Waals surface area contributed by atoms with Crippen LogP contribution >= 0.6 is 45.8 Å². The van der Waals surface area contributed by atoms with Gasteiger partial charge in [-0.25, -0.2) is 0 Å². The highest BCUT2D eigenvalue weighted by Gasteiger charge is 2.69. The summed E-state index contributed by atoms with van der Waals surface area (Å²) in [6.45, 7) is 3.16. The van der Waals surface area contributed by atoms with Crippen LogP contribution in [0.3, 0.4) is 0 Å². The molecule has 114 valence electrons. The van der Waals surface area contributed by atoms with Gasteiger partial charge in [0.05, 0.1) is 0 Å². The summed E-state index contributed by atoms with van der Waals surface area (Å²) in [4.78, 5) is 23.6. The number of ether oxygens (including phenoxy) is 1. The quantitative estimate of drug-likeness (QED) is 0.440. The number of alkyl halides is 2. The second kappa shape index (κ2) is 5.93. The Kier molecular flexibility index (Phi) is 4.75. The summed E-state index contributed by atoms with van der Waals surface area (Å²) >= 11 is 14.0. The van der Waals surface area contributed by atoms with E-state index >= 15 is 0 Å². The van der Waals surface area contributed by atoms with E-state index in [-0.39, 0.29) is 6.61 Å². The van der Waals surface area contributed by atoms with Crippen LogP contribution in [0.1, 0.15) is 18.9 Å². The lowest BCUT2D eigenvalue weighted by molar-refractivity contribution is -0.152. The molecule has 1 atom stereocenters. The average Bonchev–Trinajstić information content (AvgIpc) is 2.90. The van der Waals surface area contributed by atoms with E-state index in [1.54, 1.807) is 6.92 Å². The zero-order valence-electron chi connectivity index (χ0n) is 11.5. The Balaban J connectivity index is 1.87. The van der Waals surface area contributed by atoms with E-state index in [0.717, 1.165) is 9.13 Å². The second-order valence-corrected chi connectivity index (χ2v) is 8.03. The zero-order valence-corrected chi connectivity index (χ0v) is 15.2. The number of rotatable bonds is 4. The number of hydrogen-bond donors (Lipinski definition) is 1. The summed E-state index contributed by atoms with van der Waals surface area (Å²) in [7, 11) is 0. The van der Waals surface area contributed by atoms with Crippen LogP contribution in [0.15, 0.2) is 18.2 Å². The smallest absolute Gasteiger partial charge is 0.315 e. The van der Waals surface area contributed by atoms with E-state index in [1.165, 1.54) is 0 Å². The van der Waals surface area contributed by atoms with E-state index in [2.05, 4.69) is 27.9 Å². The number of amides is 1. The van der Waals surface area contributed by atoms with E-state index < -0.39 is 21.6 Å².